The van der Waals surface area contributed by atoms with Crippen molar-refractivity contribution in [3.8, 4) is 5.75 Å². The summed E-state index contributed by atoms with van der Waals surface area (Å²) in [6.07, 6.45) is 6.71. The monoisotopic (exact) mass is 368 g/mol. The highest BCUT2D eigenvalue weighted by Crippen LogP contribution is 2.33. The molecule has 0 unspecified atom stereocenters. The van der Waals surface area contributed by atoms with Crippen LogP contribution in [0.1, 0.15) is 18.4 Å². The van der Waals surface area contributed by atoms with Crippen LogP contribution in [0.2, 0.25) is 0 Å². The topological polar surface area (TPSA) is 59.4 Å². The van der Waals surface area contributed by atoms with Crippen molar-refractivity contribution in [1.29, 1.82) is 0 Å². The Balaban J connectivity index is 1.37. The molecule has 1 N–H and O–H groups in total. The summed E-state index contributed by atoms with van der Waals surface area (Å²) in [4.78, 5) is 15.4. The van der Waals surface area contributed by atoms with Crippen LogP contribution in [0.5, 0.6) is 5.75 Å². The summed E-state index contributed by atoms with van der Waals surface area (Å²) in [5, 5.41) is 7.62. The number of methoxy groups -OCH3 is 1. The van der Waals surface area contributed by atoms with Crippen LogP contribution in [0.25, 0.3) is 0 Å². The highest BCUT2D eigenvalue weighted by molar-refractivity contribution is 5.85. The number of hydrogen-bond donors (Lipinski definition) is 1. The molecule has 6 heteroatoms. The molecule has 0 radical (unpaired) electrons. The molecule has 1 aromatic heterocycles. The lowest BCUT2D eigenvalue weighted by Crippen LogP contribution is -2.63. The normalized spacial score (nSPS) is 19.5. The van der Waals surface area contributed by atoms with Gasteiger partial charge < -0.3 is 15.0 Å². The molecule has 2 saturated heterocycles. The first-order chi connectivity index (χ1) is 13.2. The number of ether oxygens (including phenoxy) is 1. The van der Waals surface area contributed by atoms with Gasteiger partial charge in [0, 0.05) is 45.1 Å². The number of nitrogens with one attached hydrogen (secondary N) is 1. The second-order valence-electron chi connectivity index (χ2n) is 7.88. The van der Waals surface area contributed by atoms with Gasteiger partial charge in [0.1, 0.15) is 5.75 Å². The van der Waals surface area contributed by atoms with Crippen LogP contribution in [-0.4, -0.2) is 53.9 Å². The van der Waals surface area contributed by atoms with E-state index >= 15 is 0 Å². The molecule has 0 atom stereocenters. The molecule has 0 saturated carbocycles. The maximum absolute atomic E-state index is 13.3. The first kappa shape index (κ1) is 18.0. The van der Waals surface area contributed by atoms with Gasteiger partial charge in [0.05, 0.1) is 12.5 Å². The van der Waals surface area contributed by atoms with Gasteiger partial charge >= 0.3 is 0 Å². The maximum Gasteiger partial charge on any atom is 0.231 e. The number of rotatable bonds is 6. The molecular weight excluding hydrogens is 340 g/mol. The fourth-order valence-electron chi connectivity index (χ4n) is 4.28. The molecule has 0 bridgehead atoms. The molecule has 3 heterocycles. The van der Waals surface area contributed by atoms with E-state index in [4.69, 9.17) is 4.74 Å². The summed E-state index contributed by atoms with van der Waals surface area (Å²) < 4.78 is 7.34. The van der Waals surface area contributed by atoms with Gasteiger partial charge in [0.25, 0.3) is 0 Å². The van der Waals surface area contributed by atoms with Gasteiger partial charge in [-0.3, -0.25) is 9.48 Å². The van der Waals surface area contributed by atoms with E-state index in [1.54, 1.807) is 7.11 Å². The van der Waals surface area contributed by atoms with Gasteiger partial charge in [-0.15, -0.1) is 0 Å². The third-order valence-electron chi connectivity index (χ3n) is 5.96. The Hall–Kier alpha value is -2.34. The molecule has 2 fully saturated rings. The Morgan fingerprint density at radius 3 is 2.74 bits per heavy atom. The Morgan fingerprint density at radius 1 is 1.30 bits per heavy atom. The van der Waals surface area contributed by atoms with E-state index in [-0.39, 0.29) is 5.41 Å². The Kier molecular flexibility index (Phi) is 5.16. The van der Waals surface area contributed by atoms with E-state index < -0.39 is 0 Å². The summed E-state index contributed by atoms with van der Waals surface area (Å²) in [6.45, 7) is 4.17. The van der Waals surface area contributed by atoms with Gasteiger partial charge in [0.15, 0.2) is 0 Å². The Morgan fingerprint density at radius 2 is 2.11 bits per heavy atom. The average molecular weight is 368 g/mol. The molecule has 2 aromatic rings. The number of piperidine rings is 1. The van der Waals surface area contributed by atoms with Crippen molar-refractivity contribution >= 4 is 5.91 Å². The van der Waals surface area contributed by atoms with Gasteiger partial charge in [-0.2, -0.15) is 5.10 Å². The summed E-state index contributed by atoms with van der Waals surface area (Å²) >= 11 is 0. The van der Waals surface area contributed by atoms with E-state index in [1.807, 2.05) is 41.3 Å². The van der Waals surface area contributed by atoms with Crippen LogP contribution in [0, 0.1) is 11.3 Å². The lowest BCUT2D eigenvalue weighted by Gasteiger charge is -2.46. The fourth-order valence-corrected chi connectivity index (χ4v) is 4.28. The zero-order chi connectivity index (χ0) is 18.7. The smallest absolute Gasteiger partial charge is 0.231 e. The zero-order valence-corrected chi connectivity index (χ0v) is 15.9. The summed E-state index contributed by atoms with van der Waals surface area (Å²) in [5.74, 6) is 1.76. The molecule has 2 aliphatic heterocycles. The SMILES string of the molecule is COc1cccc(CC2(C(=O)N3CCC(Cn4cccn4)CC3)CNC2)c1. The molecular formula is C21H28N4O2. The van der Waals surface area contributed by atoms with E-state index in [2.05, 4.69) is 21.4 Å². The fraction of sp³-hybridized carbons (Fsp3) is 0.524. The van der Waals surface area contributed by atoms with Crippen molar-refractivity contribution in [1.82, 2.24) is 20.0 Å². The Labute approximate surface area is 160 Å². The minimum absolute atomic E-state index is 0.304. The predicted octanol–water partition coefficient (Wildman–Crippen LogP) is 1.96. The first-order valence-corrected chi connectivity index (χ1v) is 9.79. The molecule has 144 valence electrons. The number of nitrogens with zero attached hydrogens (tertiary/aromatic N) is 3. The lowest BCUT2D eigenvalue weighted by atomic mass is 9.74. The van der Waals surface area contributed by atoms with Crippen LogP contribution in [0.4, 0.5) is 0 Å². The lowest BCUT2D eigenvalue weighted by molar-refractivity contribution is -0.146. The van der Waals surface area contributed by atoms with Crippen molar-refractivity contribution in [2.75, 3.05) is 33.3 Å². The first-order valence-electron chi connectivity index (χ1n) is 9.79. The number of carbonyl (C=O) groups is 1. The molecule has 1 amide bonds. The number of hydrogen-bond acceptors (Lipinski definition) is 4. The summed E-state index contributed by atoms with van der Waals surface area (Å²) in [5.41, 5.74) is 0.860. The standard InChI is InChI=1S/C21H28N4O2/c1-27-19-5-2-4-18(12-19)13-21(15-22-16-21)20(26)24-10-6-17(7-11-24)14-25-9-3-8-23-25/h2-5,8-9,12,17,22H,6-7,10-11,13-16H2,1H3. The molecule has 27 heavy (non-hydrogen) atoms. The number of aromatic nitrogens is 2. The number of amides is 1. The van der Waals surface area contributed by atoms with E-state index in [9.17, 15) is 4.79 Å². The van der Waals surface area contributed by atoms with E-state index in [0.29, 0.717) is 11.8 Å². The van der Waals surface area contributed by atoms with Crippen LogP contribution >= 0.6 is 0 Å². The second kappa shape index (κ2) is 7.72. The minimum atomic E-state index is -0.304. The van der Waals surface area contributed by atoms with Gasteiger partial charge in [-0.25, -0.2) is 0 Å². The molecule has 0 aliphatic carbocycles. The molecule has 2 aliphatic rings. The average Bonchev–Trinajstić information content (AvgIpc) is 3.18. The highest BCUT2D eigenvalue weighted by atomic mass is 16.5. The Bertz CT molecular complexity index is 762. The summed E-state index contributed by atoms with van der Waals surface area (Å²) in [7, 11) is 1.68. The van der Waals surface area contributed by atoms with Crippen molar-refractivity contribution in [3.63, 3.8) is 0 Å². The minimum Gasteiger partial charge on any atom is -0.497 e. The van der Waals surface area contributed by atoms with Gasteiger partial charge in [0.2, 0.25) is 5.91 Å². The third-order valence-corrected chi connectivity index (χ3v) is 5.96. The highest BCUT2D eigenvalue weighted by Gasteiger charge is 2.46. The molecule has 4 rings (SSSR count). The molecule has 6 nitrogen and oxygen atoms in total. The van der Waals surface area contributed by atoms with E-state index in [0.717, 1.165) is 63.3 Å². The number of carbonyl (C=O) groups excluding carboxylic acids is 1. The number of benzene rings is 1. The molecule has 0 spiro atoms. The second-order valence-corrected chi connectivity index (χ2v) is 7.88. The zero-order valence-electron chi connectivity index (χ0n) is 15.9. The maximum atomic E-state index is 13.3. The third kappa shape index (κ3) is 3.86. The van der Waals surface area contributed by atoms with Crippen LogP contribution in [0.3, 0.4) is 0 Å². The molecule has 1 aromatic carbocycles. The summed E-state index contributed by atoms with van der Waals surface area (Å²) in [6, 6.07) is 10.0. The number of likely N-dealkylation sites (tertiary alicyclic amines) is 1. The predicted molar refractivity (Wildman–Crippen MR) is 104 cm³/mol. The largest absolute Gasteiger partial charge is 0.497 e. The quantitative estimate of drug-likeness (QED) is 0.847. The van der Waals surface area contributed by atoms with Crippen molar-refractivity contribution in [2.45, 2.75) is 25.8 Å². The van der Waals surface area contributed by atoms with Crippen LogP contribution in [-0.2, 0) is 17.8 Å². The van der Waals surface area contributed by atoms with Crippen molar-refractivity contribution in [3.05, 3.63) is 48.3 Å². The van der Waals surface area contributed by atoms with Crippen LogP contribution < -0.4 is 10.1 Å². The van der Waals surface area contributed by atoms with Crippen molar-refractivity contribution in [2.24, 2.45) is 11.3 Å². The van der Waals surface area contributed by atoms with Gasteiger partial charge in [-0.1, -0.05) is 12.1 Å². The van der Waals surface area contributed by atoms with Gasteiger partial charge in [-0.05, 0) is 48.9 Å². The van der Waals surface area contributed by atoms with Crippen LogP contribution in [0.15, 0.2) is 42.7 Å². The van der Waals surface area contributed by atoms with E-state index in [1.165, 1.54) is 0 Å². The van der Waals surface area contributed by atoms with Crippen molar-refractivity contribution < 1.29 is 9.53 Å².